The number of nitro groups is 1. The number of nitrogens with zero attached hydrogens (tertiary/aromatic N) is 5. The molecule has 9 nitrogen and oxygen atoms in total. The van der Waals surface area contributed by atoms with Crippen molar-refractivity contribution in [2.75, 3.05) is 54.9 Å². The number of piperidine rings is 1. The average Bonchev–Trinajstić information content (AvgIpc) is 2.53. The Balaban J connectivity index is 1.99. The van der Waals surface area contributed by atoms with Crippen molar-refractivity contribution in [2.45, 2.75) is 20.3 Å². The maximum Gasteiger partial charge on any atom is 0.353 e. The zero-order chi connectivity index (χ0) is 17.3. The average molecular weight is 336 g/mol. The first-order chi connectivity index (χ1) is 11.5. The Kier molecular flexibility index (Phi) is 4.70. The lowest BCUT2D eigenvalue weighted by Crippen LogP contribution is -2.41. The van der Waals surface area contributed by atoms with Crippen molar-refractivity contribution in [3.05, 3.63) is 10.1 Å². The van der Waals surface area contributed by atoms with Gasteiger partial charge < -0.3 is 20.3 Å². The summed E-state index contributed by atoms with van der Waals surface area (Å²) in [7, 11) is 0. The maximum atomic E-state index is 11.5. The molecule has 1 aromatic rings. The predicted molar refractivity (Wildman–Crippen MR) is 91.3 cm³/mol. The summed E-state index contributed by atoms with van der Waals surface area (Å²) in [5, 5.41) is 11.5. The van der Waals surface area contributed by atoms with E-state index in [2.05, 4.69) is 28.7 Å². The summed E-state index contributed by atoms with van der Waals surface area (Å²) in [5.41, 5.74) is 5.72. The minimum Gasteiger partial charge on any atom is -0.378 e. The highest BCUT2D eigenvalue weighted by atomic mass is 16.6. The van der Waals surface area contributed by atoms with E-state index in [4.69, 9.17) is 10.5 Å². The van der Waals surface area contributed by atoms with Gasteiger partial charge in [-0.2, -0.15) is 9.97 Å². The van der Waals surface area contributed by atoms with Crippen LogP contribution in [0.25, 0.3) is 0 Å². The summed E-state index contributed by atoms with van der Waals surface area (Å²) >= 11 is 0. The standard InChI is InChI=1S/C15H24N6O3/c1-10-7-11(2)9-20(8-10)15-17-13(16)12(21(22)23)14(18-15)19-3-5-24-6-4-19/h10-11H,3-9H2,1-2H3,(H2,16,17,18). The van der Waals surface area contributed by atoms with Crippen molar-refractivity contribution >= 4 is 23.3 Å². The van der Waals surface area contributed by atoms with Crippen LogP contribution < -0.4 is 15.5 Å². The Labute approximate surface area is 140 Å². The Morgan fingerprint density at radius 1 is 1.17 bits per heavy atom. The number of rotatable bonds is 3. The third-order valence-corrected chi connectivity index (χ3v) is 4.53. The Morgan fingerprint density at radius 3 is 2.38 bits per heavy atom. The molecule has 0 radical (unpaired) electrons. The van der Waals surface area contributed by atoms with E-state index >= 15 is 0 Å². The van der Waals surface area contributed by atoms with Crippen molar-refractivity contribution < 1.29 is 9.66 Å². The van der Waals surface area contributed by atoms with Gasteiger partial charge in [-0.1, -0.05) is 13.8 Å². The molecule has 1 aromatic heterocycles. The lowest BCUT2D eigenvalue weighted by molar-refractivity contribution is -0.383. The second-order valence-electron chi connectivity index (χ2n) is 6.79. The number of nitrogens with two attached hydrogens (primary N) is 1. The van der Waals surface area contributed by atoms with Crippen molar-refractivity contribution in [3.63, 3.8) is 0 Å². The molecule has 0 amide bonds. The van der Waals surface area contributed by atoms with Gasteiger partial charge >= 0.3 is 5.69 Å². The molecule has 2 aliphatic heterocycles. The molecule has 0 aromatic carbocycles. The van der Waals surface area contributed by atoms with Crippen LogP contribution in [-0.2, 0) is 4.74 Å². The summed E-state index contributed by atoms with van der Waals surface area (Å²) < 4.78 is 5.33. The minimum absolute atomic E-state index is 0.0719. The molecule has 2 saturated heterocycles. The van der Waals surface area contributed by atoms with E-state index in [9.17, 15) is 10.1 Å². The van der Waals surface area contributed by atoms with Crippen LogP contribution in [0.15, 0.2) is 0 Å². The number of hydrogen-bond donors (Lipinski definition) is 1. The number of morpholine rings is 1. The van der Waals surface area contributed by atoms with E-state index in [0.717, 1.165) is 19.5 Å². The Morgan fingerprint density at radius 2 is 1.79 bits per heavy atom. The fourth-order valence-electron chi connectivity index (χ4n) is 3.59. The van der Waals surface area contributed by atoms with Gasteiger partial charge in [-0.3, -0.25) is 10.1 Å². The lowest BCUT2D eigenvalue weighted by Gasteiger charge is -2.35. The number of aromatic nitrogens is 2. The van der Waals surface area contributed by atoms with Crippen LogP contribution in [0.2, 0.25) is 0 Å². The van der Waals surface area contributed by atoms with E-state index in [1.165, 1.54) is 0 Å². The largest absolute Gasteiger partial charge is 0.378 e. The molecular formula is C15H24N6O3. The van der Waals surface area contributed by atoms with Crippen molar-refractivity contribution in [3.8, 4) is 0 Å². The first-order valence-electron chi connectivity index (χ1n) is 8.35. The monoisotopic (exact) mass is 336 g/mol. The van der Waals surface area contributed by atoms with Gasteiger partial charge in [0, 0.05) is 26.2 Å². The molecule has 3 heterocycles. The van der Waals surface area contributed by atoms with E-state index in [1.54, 1.807) is 0 Å². The van der Waals surface area contributed by atoms with Gasteiger partial charge in [0.25, 0.3) is 0 Å². The molecular weight excluding hydrogens is 312 g/mol. The van der Waals surface area contributed by atoms with Crippen LogP contribution in [0.4, 0.5) is 23.3 Å². The number of hydrogen-bond acceptors (Lipinski definition) is 8. The summed E-state index contributed by atoms with van der Waals surface area (Å²) in [6.07, 6.45) is 1.16. The smallest absolute Gasteiger partial charge is 0.353 e. The summed E-state index contributed by atoms with van der Waals surface area (Å²) in [4.78, 5) is 23.7. The topological polar surface area (TPSA) is 111 Å². The second-order valence-corrected chi connectivity index (χ2v) is 6.79. The van der Waals surface area contributed by atoms with Crippen molar-refractivity contribution in [1.29, 1.82) is 0 Å². The Hall–Kier alpha value is -2.16. The molecule has 0 spiro atoms. The van der Waals surface area contributed by atoms with Gasteiger partial charge in [-0.05, 0) is 18.3 Å². The predicted octanol–water partition coefficient (Wildman–Crippen LogP) is 1.29. The first kappa shape index (κ1) is 16.7. The molecule has 9 heteroatoms. The van der Waals surface area contributed by atoms with Crippen LogP contribution in [0.5, 0.6) is 0 Å². The van der Waals surface area contributed by atoms with Gasteiger partial charge in [0.15, 0.2) is 0 Å². The van der Waals surface area contributed by atoms with Crippen molar-refractivity contribution in [2.24, 2.45) is 11.8 Å². The lowest BCUT2D eigenvalue weighted by atomic mass is 9.92. The fraction of sp³-hybridized carbons (Fsp3) is 0.733. The van der Waals surface area contributed by atoms with Crippen LogP contribution in [-0.4, -0.2) is 54.3 Å². The van der Waals surface area contributed by atoms with Gasteiger partial charge in [0.1, 0.15) is 0 Å². The molecule has 2 N–H and O–H groups in total. The minimum atomic E-state index is -0.495. The van der Waals surface area contributed by atoms with E-state index in [-0.39, 0.29) is 11.5 Å². The number of ether oxygens (including phenoxy) is 1. The normalized spacial score (nSPS) is 24.9. The second kappa shape index (κ2) is 6.76. The molecule has 132 valence electrons. The number of anilines is 3. The van der Waals surface area contributed by atoms with Crippen LogP contribution in [0, 0.1) is 22.0 Å². The third kappa shape index (κ3) is 3.35. The zero-order valence-corrected chi connectivity index (χ0v) is 14.1. The molecule has 2 atom stereocenters. The molecule has 0 bridgehead atoms. The maximum absolute atomic E-state index is 11.5. The molecule has 2 unspecified atom stereocenters. The van der Waals surface area contributed by atoms with Gasteiger partial charge in [-0.15, -0.1) is 0 Å². The quantitative estimate of drug-likeness (QED) is 0.649. The number of nitrogen functional groups attached to an aromatic ring is 1. The van der Waals surface area contributed by atoms with Crippen LogP contribution in [0.3, 0.4) is 0 Å². The highest BCUT2D eigenvalue weighted by Crippen LogP contribution is 2.34. The molecule has 0 saturated carbocycles. The summed E-state index contributed by atoms with van der Waals surface area (Å²) in [5.74, 6) is 1.77. The van der Waals surface area contributed by atoms with Gasteiger partial charge in [0.2, 0.25) is 17.6 Å². The van der Waals surface area contributed by atoms with E-state index in [0.29, 0.717) is 49.9 Å². The fourth-order valence-corrected chi connectivity index (χ4v) is 3.59. The molecule has 24 heavy (non-hydrogen) atoms. The van der Waals surface area contributed by atoms with Crippen LogP contribution >= 0.6 is 0 Å². The first-order valence-corrected chi connectivity index (χ1v) is 8.35. The van der Waals surface area contributed by atoms with Gasteiger partial charge in [0.05, 0.1) is 18.1 Å². The van der Waals surface area contributed by atoms with E-state index < -0.39 is 4.92 Å². The summed E-state index contributed by atoms with van der Waals surface area (Å²) in [6, 6.07) is 0. The van der Waals surface area contributed by atoms with E-state index in [1.807, 2.05) is 4.90 Å². The zero-order valence-electron chi connectivity index (χ0n) is 14.1. The molecule has 2 fully saturated rings. The highest BCUT2D eigenvalue weighted by molar-refractivity contribution is 5.71. The molecule has 2 aliphatic rings. The highest BCUT2D eigenvalue weighted by Gasteiger charge is 2.31. The SMILES string of the molecule is CC1CC(C)CN(c2nc(N)c([N+](=O)[O-])c(N3CCOCC3)n2)C1. The van der Waals surface area contributed by atoms with Gasteiger partial charge in [-0.25, -0.2) is 0 Å². The summed E-state index contributed by atoms with van der Waals surface area (Å²) in [6.45, 7) is 8.23. The Bertz CT molecular complexity index is 609. The molecule has 0 aliphatic carbocycles. The third-order valence-electron chi connectivity index (χ3n) is 4.53. The molecule has 3 rings (SSSR count). The van der Waals surface area contributed by atoms with Crippen LogP contribution in [0.1, 0.15) is 20.3 Å². The van der Waals surface area contributed by atoms with Crippen molar-refractivity contribution in [1.82, 2.24) is 9.97 Å².